The highest BCUT2D eigenvalue weighted by molar-refractivity contribution is 6.04. The maximum Gasteiger partial charge on any atom is 0.276 e. The number of nitrogens with zero attached hydrogens (tertiary/aromatic N) is 2. The summed E-state index contributed by atoms with van der Waals surface area (Å²) in [5.41, 5.74) is 6.04. The average molecular weight is 328 g/mol. The molecule has 4 rings (SSSR count). The summed E-state index contributed by atoms with van der Waals surface area (Å²) in [6, 6.07) is 23.1. The van der Waals surface area contributed by atoms with Gasteiger partial charge in [0, 0.05) is 35.6 Å². The quantitative estimate of drug-likeness (QED) is 0.476. The van der Waals surface area contributed by atoms with Crippen molar-refractivity contribution < 1.29 is 4.92 Å². The van der Waals surface area contributed by atoms with E-state index in [-0.39, 0.29) is 10.6 Å². The second-order valence-corrected chi connectivity index (χ2v) is 5.97. The van der Waals surface area contributed by atoms with Gasteiger partial charge in [-0.2, -0.15) is 0 Å². The van der Waals surface area contributed by atoms with Gasteiger partial charge in [-0.25, -0.2) is 0 Å². The first-order valence-electron chi connectivity index (χ1n) is 8.04. The molecule has 4 heteroatoms. The summed E-state index contributed by atoms with van der Waals surface area (Å²) in [7, 11) is 2.04. The molecule has 0 N–H and O–H groups in total. The lowest BCUT2D eigenvalue weighted by atomic mass is 9.89. The zero-order valence-corrected chi connectivity index (χ0v) is 13.7. The number of nitro benzene ring substituents is 1. The van der Waals surface area contributed by atoms with Gasteiger partial charge in [-0.05, 0) is 29.8 Å². The minimum absolute atomic E-state index is 0.115. The van der Waals surface area contributed by atoms with Gasteiger partial charge in [0.05, 0.1) is 10.5 Å². The van der Waals surface area contributed by atoms with Gasteiger partial charge < -0.3 is 4.90 Å². The topological polar surface area (TPSA) is 46.4 Å². The molecule has 0 amide bonds. The number of hydrogen-bond acceptors (Lipinski definition) is 3. The Morgan fingerprint density at radius 2 is 1.36 bits per heavy atom. The van der Waals surface area contributed by atoms with Crippen LogP contribution in [0.4, 0.5) is 17.1 Å². The largest absolute Gasteiger partial charge is 0.344 e. The summed E-state index contributed by atoms with van der Waals surface area (Å²) in [6.07, 6.45) is 1.92. The van der Waals surface area contributed by atoms with Crippen LogP contribution in [0.1, 0.15) is 16.7 Å². The summed E-state index contributed by atoms with van der Waals surface area (Å²) in [4.78, 5) is 13.2. The van der Waals surface area contributed by atoms with E-state index in [9.17, 15) is 10.1 Å². The minimum atomic E-state index is -0.334. The van der Waals surface area contributed by atoms with Crippen molar-refractivity contribution in [1.82, 2.24) is 0 Å². The Morgan fingerprint density at radius 3 is 1.96 bits per heavy atom. The van der Waals surface area contributed by atoms with Crippen LogP contribution in [0.25, 0.3) is 11.6 Å². The minimum Gasteiger partial charge on any atom is -0.344 e. The van der Waals surface area contributed by atoms with Gasteiger partial charge in [-0.3, -0.25) is 10.1 Å². The first-order chi connectivity index (χ1) is 12.2. The van der Waals surface area contributed by atoms with Crippen molar-refractivity contribution in [2.45, 2.75) is 0 Å². The predicted molar refractivity (Wildman–Crippen MR) is 101 cm³/mol. The molecular formula is C21H16N2O2. The predicted octanol–water partition coefficient (Wildman–Crippen LogP) is 5.27. The number of fused-ring (bicyclic) bond motifs is 2. The van der Waals surface area contributed by atoms with Gasteiger partial charge >= 0.3 is 0 Å². The summed E-state index contributed by atoms with van der Waals surface area (Å²) < 4.78 is 0. The number of nitro groups is 1. The second-order valence-electron chi connectivity index (χ2n) is 5.97. The lowest BCUT2D eigenvalue weighted by Crippen LogP contribution is -2.17. The second kappa shape index (κ2) is 5.91. The van der Waals surface area contributed by atoms with Crippen molar-refractivity contribution in [1.29, 1.82) is 0 Å². The third-order valence-electron chi connectivity index (χ3n) is 4.54. The lowest BCUT2D eigenvalue weighted by molar-refractivity contribution is -0.385. The Morgan fingerprint density at radius 1 is 0.840 bits per heavy atom. The lowest BCUT2D eigenvalue weighted by Gasteiger charge is -2.31. The standard InChI is InChI=1S/C21H16N2O2/c1-22-20-12-6-3-9-16(20)18(17-10-4-7-13-21(17)22)14-15-8-2-5-11-19(15)23(24)25/h2-14H,1H3. The molecule has 0 unspecified atom stereocenters. The molecule has 0 aliphatic carbocycles. The molecule has 25 heavy (non-hydrogen) atoms. The number of hydrogen-bond donors (Lipinski definition) is 0. The van der Waals surface area contributed by atoms with E-state index in [1.54, 1.807) is 18.2 Å². The van der Waals surface area contributed by atoms with Crippen molar-refractivity contribution in [2.24, 2.45) is 0 Å². The highest BCUT2D eigenvalue weighted by Gasteiger charge is 2.24. The van der Waals surface area contributed by atoms with Crippen LogP contribution in [-0.2, 0) is 0 Å². The molecule has 0 saturated carbocycles. The van der Waals surface area contributed by atoms with Gasteiger partial charge in [0.1, 0.15) is 0 Å². The van der Waals surface area contributed by atoms with Crippen molar-refractivity contribution in [3.05, 3.63) is 99.6 Å². The molecule has 0 spiro atoms. The highest BCUT2D eigenvalue weighted by atomic mass is 16.6. The molecular weight excluding hydrogens is 312 g/mol. The van der Waals surface area contributed by atoms with Gasteiger partial charge in [0.15, 0.2) is 0 Å². The Bertz CT molecular complexity index is 959. The van der Waals surface area contributed by atoms with Crippen LogP contribution in [0.5, 0.6) is 0 Å². The van der Waals surface area contributed by atoms with Crippen molar-refractivity contribution in [3.8, 4) is 0 Å². The van der Waals surface area contributed by atoms with Crippen molar-refractivity contribution in [2.75, 3.05) is 11.9 Å². The number of benzene rings is 3. The molecule has 1 aliphatic heterocycles. The van der Waals surface area contributed by atoms with Crippen LogP contribution in [0.15, 0.2) is 72.8 Å². The van der Waals surface area contributed by atoms with E-state index in [1.807, 2.05) is 43.5 Å². The zero-order chi connectivity index (χ0) is 17.4. The summed E-state index contributed by atoms with van der Waals surface area (Å²) in [5, 5.41) is 11.4. The van der Waals surface area contributed by atoms with Crippen LogP contribution in [-0.4, -0.2) is 12.0 Å². The van der Waals surface area contributed by atoms with Gasteiger partial charge in [0.2, 0.25) is 0 Å². The van der Waals surface area contributed by atoms with Crippen LogP contribution < -0.4 is 4.90 Å². The molecule has 4 nitrogen and oxygen atoms in total. The summed E-state index contributed by atoms with van der Waals surface area (Å²) in [6.45, 7) is 0. The van der Waals surface area contributed by atoms with E-state index >= 15 is 0 Å². The molecule has 122 valence electrons. The summed E-state index contributed by atoms with van der Waals surface area (Å²) >= 11 is 0. The van der Waals surface area contributed by atoms with Crippen LogP contribution in [0.3, 0.4) is 0 Å². The van der Waals surface area contributed by atoms with Gasteiger partial charge in [-0.1, -0.05) is 48.5 Å². The smallest absolute Gasteiger partial charge is 0.276 e. The normalized spacial score (nSPS) is 12.4. The van der Waals surface area contributed by atoms with E-state index in [0.717, 1.165) is 28.1 Å². The number of para-hydroxylation sites is 3. The fraction of sp³-hybridized carbons (Fsp3) is 0.0476. The summed E-state index contributed by atoms with van der Waals surface area (Å²) in [5.74, 6) is 0. The maximum atomic E-state index is 11.4. The maximum absolute atomic E-state index is 11.4. The van der Waals surface area contributed by atoms with Crippen LogP contribution >= 0.6 is 0 Å². The van der Waals surface area contributed by atoms with Crippen LogP contribution in [0.2, 0.25) is 0 Å². The first-order valence-corrected chi connectivity index (χ1v) is 8.04. The molecule has 1 heterocycles. The molecule has 0 atom stereocenters. The van der Waals surface area contributed by atoms with E-state index < -0.39 is 0 Å². The molecule has 0 aromatic heterocycles. The van der Waals surface area contributed by atoms with E-state index in [2.05, 4.69) is 29.2 Å². The third kappa shape index (κ3) is 2.48. The van der Waals surface area contributed by atoms with Crippen LogP contribution in [0, 0.1) is 10.1 Å². The number of anilines is 2. The van der Waals surface area contributed by atoms with Gasteiger partial charge in [-0.15, -0.1) is 0 Å². The monoisotopic (exact) mass is 328 g/mol. The fourth-order valence-corrected chi connectivity index (χ4v) is 3.35. The molecule has 0 bridgehead atoms. The van der Waals surface area contributed by atoms with E-state index in [4.69, 9.17) is 0 Å². The molecule has 0 fully saturated rings. The Balaban J connectivity index is 2.00. The van der Waals surface area contributed by atoms with Gasteiger partial charge in [0.25, 0.3) is 5.69 Å². The Hall–Kier alpha value is -3.40. The zero-order valence-electron chi connectivity index (χ0n) is 13.7. The van der Waals surface area contributed by atoms with E-state index in [0.29, 0.717) is 5.56 Å². The molecule has 3 aromatic carbocycles. The number of rotatable bonds is 2. The Kier molecular flexibility index (Phi) is 3.58. The highest BCUT2D eigenvalue weighted by Crippen LogP contribution is 2.45. The van der Waals surface area contributed by atoms with Crippen molar-refractivity contribution >= 4 is 28.7 Å². The molecule has 0 saturated heterocycles. The molecule has 1 aliphatic rings. The molecule has 3 aromatic rings. The first kappa shape index (κ1) is 15.1. The SMILES string of the molecule is CN1c2ccccc2C(=Cc2ccccc2[N+](=O)[O-])c2ccccc21. The van der Waals surface area contributed by atoms with Crippen molar-refractivity contribution in [3.63, 3.8) is 0 Å². The van der Waals surface area contributed by atoms with E-state index in [1.165, 1.54) is 0 Å². The fourth-order valence-electron chi connectivity index (χ4n) is 3.35. The Labute approximate surface area is 145 Å². The average Bonchev–Trinajstić information content (AvgIpc) is 2.65. The third-order valence-corrected chi connectivity index (χ3v) is 4.54. The molecule has 0 radical (unpaired) electrons.